The van der Waals surface area contributed by atoms with Crippen LogP contribution in [0.25, 0.3) is 10.8 Å². The van der Waals surface area contributed by atoms with Gasteiger partial charge in [-0.25, -0.2) is 9.89 Å². The third kappa shape index (κ3) is 3.09. The first-order valence-electron chi connectivity index (χ1n) is 10.9. The predicted molar refractivity (Wildman–Crippen MR) is 124 cm³/mol. The molecule has 0 saturated heterocycles. The average molecular weight is 479 g/mol. The molecule has 2 amide bonds. The SMILES string of the molecule is O=C(NC1CC2(C1)CC(c1n[nH]c(=O)c3ccccc13)C2)N1CCc2cc(Br)ccc21. The smallest absolute Gasteiger partial charge is 0.322 e. The van der Waals surface area contributed by atoms with Crippen LogP contribution < -0.4 is 15.8 Å². The van der Waals surface area contributed by atoms with Crippen molar-refractivity contribution in [2.24, 2.45) is 5.41 Å². The van der Waals surface area contributed by atoms with Crippen molar-refractivity contribution in [3.8, 4) is 0 Å². The molecule has 2 saturated carbocycles. The van der Waals surface area contributed by atoms with Gasteiger partial charge in [0.15, 0.2) is 0 Å². The van der Waals surface area contributed by atoms with E-state index >= 15 is 0 Å². The van der Waals surface area contributed by atoms with Crippen LogP contribution in [0.5, 0.6) is 0 Å². The van der Waals surface area contributed by atoms with E-state index in [1.165, 1.54) is 5.56 Å². The summed E-state index contributed by atoms with van der Waals surface area (Å²) in [6.07, 6.45) is 5.10. The number of carbonyl (C=O) groups excluding carboxylic acids is 1. The lowest BCUT2D eigenvalue weighted by atomic mass is 9.49. The highest BCUT2D eigenvalue weighted by molar-refractivity contribution is 9.10. The summed E-state index contributed by atoms with van der Waals surface area (Å²) in [5.74, 6) is 0.377. The molecule has 158 valence electrons. The third-order valence-corrected chi connectivity index (χ3v) is 7.83. The van der Waals surface area contributed by atoms with E-state index in [1.54, 1.807) is 0 Å². The maximum absolute atomic E-state index is 12.8. The summed E-state index contributed by atoms with van der Waals surface area (Å²) in [4.78, 5) is 26.7. The first-order valence-corrected chi connectivity index (χ1v) is 11.6. The van der Waals surface area contributed by atoms with Gasteiger partial charge in [0.2, 0.25) is 0 Å². The molecule has 1 spiro atoms. The maximum Gasteiger partial charge on any atom is 0.322 e. The van der Waals surface area contributed by atoms with Crippen molar-refractivity contribution < 1.29 is 4.79 Å². The van der Waals surface area contributed by atoms with E-state index in [2.05, 4.69) is 37.5 Å². The molecule has 2 aliphatic carbocycles. The molecule has 0 atom stereocenters. The van der Waals surface area contributed by atoms with E-state index in [-0.39, 0.29) is 17.6 Å². The monoisotopic (exact) mass is 478 g/mol. The van der Waals surface area contributed by atoms with Crippen molar-refractivity contribution in [1.29, 1.82) is 0 Å². The summed E-state index contributed by atoms with van der Waals surface area (Å²) in [6.45, 7) is 0.739. The van der Waals surface area contributed by atoms with E-state index in [1.807, 2.05) is 41.3 Å². The zero-order chi connectivity index (χ0) is 21.2. The van der Waals surface area contributed by atoms with E-state index in [0.29, 0.717) is 16.7 Å². The number of nitrogens with one attached hydrogen (secondary N) is 2. The second-order valence-electron chi connectivity index (χ2n) is 9.32. The van der Waals surface area contributed by atoms with Crippen LogP contribution in [-0.4, -0.2) is 28.8 Å². The first kappa shape index (κ1) is 19.0. The van der Waals surface area contributed by atoms with Crippen LogP contribution >= 0.6 is 15.9 Å². The van der Waals surface area contributed by atoms with Gasteiger partial charge in [-0.1, -0.05) is 34.1 Å². The van der Waals surface area contributed by atoms with E-state index in [9.17, 15) is 9.59 Å². The number of nitrogens with zero attached hydrogens (tertiary/aromatic N) is 2. The Morgan fingerprint density at radius 1 is 1.13 bits per heavy atom. The molecule has 2 heterocycles. The van der Waals surface area contributed by atoms with Gasteiger partial charge < -0.3 is 5.32 Å². The fraction of sp³-hybridized carbons (Fsp3) is 0.375. The van der Waals surface area contributed by atoms with Crippen molar-refractivity contribution in [3.63, 3.8) is 0 Å². The van der Waals surface area contributed by atoms with Gasteiger partial charge in [-0.2, -0.15) is 5.10 Å². The minimum Gasteiger partial charge on any atom is -0.335 e. The summed E-state index contributed by atoms with van der Waals surface area (Å²) in [7, 11) is 0. The Labute approximate surface area is 188 Å². The molecule has 31 heavy (non-hydrogen) atoms. The Kier molecular flexibility index (Phi) is 4.25. The van der Waals surface area contributed by atoms with Gasteiger partial charge in [-0.05, 0) is 67.3 Å². The molecule has 0 unspecified atom stereocenters. The summed E-state index contributed by atoms with van der Waals surface area (Å²) in [5.41, 5.74) is 3.44. The van der Waals surface area contributed by atoms with Crippen LogP contribution in [0.15, 0.2) is 51.7 Å². The van der Waals surface area contributed by atoms with Crippen LogP contribution in [0, 0.1) is 5.41 Å². The molecule has 0 bridgehead atoms. The van der Waals surface area contributed by atoms with Gasteiger partial charge in [0.1, 0.15) is 0 Å². The van der Waals surface area contributed by atoms with Gasteiger partial charge in [0.25, 0.3) is 5.56 Å². The molecule has 3 aromatic rings. The van der Waals surface area contributed by atoms with Crippen LogP contribution in [0.3, 0.4) is 0 Å². The molecule has 7 heteroatoms. The van der Waals surface area contributed by atoms with E-state index in [4.69, 9.17) is 0 Å². The van der Waals surface area contributed by atoms with E-state index < -0.39 is 0 Å². The minimum absolute atomic E-state index is 0.0186. The molecule has 2 N–H and O–H groups in total. The number of halogens is 1. The number of hydrogen-bond acceptors (Lipinski definition) is 3. The number of carbonyl (C=O) groups is 1. The molecular formula is C24H23BrN4O2. The van der Waals surface area contributed by atoms with Crippen LogP contribution in [0.2, 0.25) is 0 Å². The fourth-order valence-electron chi connectivity index (χ4n) is 5.88. The van der Waals surface area contributed by atoms with Gasteiger partial charge in [0.05, 0.1) is 11.1 Å². The number of H-pyrrole nitrogens is 1. The predicted octanol–water partition coefficient (Wildman–Crippen LogP) is 4.48. The second kappa shape index (κ2) is 6.92. The highest BCUT2D eigenvalue weighted by Gasteiger charge is 2.54. The van der Waals surface area contributed by atoms with Crippen molar-refractivity contribution >= 4 is 38.4 Å². The molecule has 1 aromatic heterocycles. The molecule has 6 nitrogen and oxygen atoms in total. The molecule has 6 rings (SSSR count). The highest BCUT2D eigenvalue weighted by Crippen LogP contribution is 2.62. The lowest BCUT2D eigenvalue weighted by molar-refractivity contribution is -0.0174. The average Bonchev–Trinajstić information content (AvgIpc) is 3.13. The largest absolute Gasteiger partial charge is 0.335 e. The van der Waals surface area contributed by atoms with Gasteiger partial charge in [-0.3, -0.25) is 9.69 Å². The molecule has 2 aromatic carbocycles. The van der Waals surface area contributed by atoms with Gasteiger partial charge in [-0.15, -0.1) is 0 Å². The normalized spacial score (nSPS) is 26.4. The lowest BCUT2D eigenvalue weighted by Gasteiger charge is -2.57. The zero-order valence-electron chi connectivity index (χ0n) is 17.0. The third-order valence-electron chi connectivity index (χ3n) is 7.34. The Morgan fingerprint density at radius 2 is 1.90 bits per heavy atom. The molecule has 3 aliphatic rings. The van der Waals surface area contributed by atoms with Crippen LogP contribution in [0.1, 0.15) is 42.9 Å². The van der Waals surface area contributed by atoms with Crippen LogP contribution in [-0.2, 0) is 6.42 Å². The standard InChI is InChI=1S/C24H23BrN4O2/c25-16-5-6-20-14(9-16)7-8-29(20)23(31)26-17-12-24(13-17)10-15(11-24)21-18-3-1-2-4-19(18)22(30)28-27-21/h1-6,9,15,17H,7-8,10-13H2,(H,26,31)(H,28,30). The maximum atomic E-state index is 12.8. The number of rotatable bonds is 2. The quantitative estimate of drug-likeness (QED) is 0.569. The number of urea groups is 1. The minimum atomic E-state index is -0.129. The first-order chi connectivity index (χ1) is 15.0. The summed E-state index contributed by atoms with van der Waals surface area (Å²) < 4.78 is 1.05. The van der Waals surface area contributed by atoms with Gasteiger partial charge >= 0.3 is 6.03 Å². The Hall–Kier alpha value is -2.67. The summed E-state index contributed by atoms with van der Waals surface area (Å²) >= 11 is 3.51. The Morgan fingerprint density at radius 3 is 2.71 bits per heavy atom. The number of benzene rings is 2. The molecule has 1 aliphatic heterocycles. The van der Waals surface area contributed by atoms with Crippen molar-refractivity contribution in [2.75, 3.05) is 11.4 Å². The number of amides is 2. The summed E-state index contributed by atoms with van der Waals surface area (Å²) in [6, 6.07) is 14.1. The second-order valence-corrected chi connectivity index (χ2v) is 10.2. The molecule has 0 radical (unpaired) electrons. The zero-order valence-corrected chi connectivity index (χ0v) is 18.6. The fourth-order valence-corrected chi connectivity index (χ4v) is 6.29. The number of aromatic nitrogens is 2. The van der Waals surface area contributed by atoms with Gasteiger partial charge in [0, 0.05) is 34.1 Å². The van der Waals surface area contributed by atoms with Crippen LogP contribution in [0.4, 0.5) is 10.5 Å². The molecule has 2 fully saturated rings. The van der Waals surface area contributed by atoms with E-state index in [0.717, 1.165) is 59.9 Å². The van der Waals surface area contributed by atoms with Crippen molar-refractivity contribution in [1.82, 2.24) is 15.5 Å². The topological polar surface area (TPSA) is 78.1 Å². The highest BCUT2D eigenvalue weighted by atomic mass is 79.9. The Balaban J connectivity index is 1.08. The lowest BCUT2D eigenvalue weighted by Crippen LogP contribution is -2.57. The number of aromatic amines is 1. The number of hydrogen-bond donors (Lipinski definition) is 2. The number of anilines is 1. The van der Waals surface area contributed by atoms with Crippen molar-refractivity contribution in [2.45, 2.75) is 44.1 Å². The summed E-state index contributed by atoms with van der Waals surface area (Å²) in [5, 5.41) is 12.0. The van der Waals surface area contributed by atoms with Crippen molar-refractivity contribution in [3.05, 3.63) is 68.5 Å². The number of fused-ring (bicyclic) bond motifs is 2. The Bertz CT molecular complexity index is 1260. The molecular weight excluding hydrogens is 456 g/mol.